The molecule has 2 aromatic rings. The number of carbonyl (C=O) groups excluding carboxylic acids is 2. The first kappa shape index (κ1) is 15.8. The number of likely N-dealkylation sites (tertiary alicyclic amines) is 1. The van der Waals surface area contributed by atoms with Gasteiger partial charge < -0.3 is 14.6 Å². The first-order chi connectivity index (χ1) is 11.1. The minimum Gasteiger partial charge on any atom is -0.485 e. The predicted octanol–water partition coefficient (Wildman–Crippen LogP) is 3.27. The molecule has 0 radical (unpaired) electrons. The number of benzene rings is 1. The van der Waals surface area contributed by atoms with Crippen molar-refractivity contribution in [3.8, 4) is 5.75 Å². The van der Waals surface area contributed by atoms with E-state index in [2.05, 4.69) is 20.9 Å². The van der Waals surface area contributed by atoms with Crippen LogP contribution >= 0.6 is 15.9 Å². The van der Waals surface area contributed by atoms with Crippen LogP contribution < -0.4 is 4.74 Å². The van der Waals surface area contributed by atoms with Gasteiger partial charge in [0.25, 0.3) is 5.91 Å². The van der Waals surface area contributed by atoms with E-state index >= 15 is 0 Å². The predicted molar refractivity (Wildman–Crippen MR) is 89.9 cm³/mol. The second kappa shape index (κ2) is 7.00. The Morgan fingerprint density at radius 1 is 1.17 bits per heavy atom. The van der Waals surface area contributed by atoms with Crippen molar-refractivity contribution in [3.05, 3.63) is 52.3 Å². The normalized spacial score (nSPS) is 14.0. The minimum absolute atomic E-state index is 0.0459. The maximum atomic E-state index is 12.2. The molecule has 120 valence electrons. The quantitative estimate of drug-likeness (QED) is 0.814. The first-order valence-electron chi connectivity index (χ1n) is 7.53. The number of hydrogen-bond donors (Lipinski definition) is 1. The van der Waals surface area contributed by atoms with E-state index in [1.54, 1.807) is 29.3 Å². The fourth-order valence-corrected chi connectivity index (χ4v) is 2.80. The van der Waals surface area contributed by atoms with Gasteiger partial charge in [-0.2, -0.15) is 0 Å². The standard InChI is InChI=1S/C17H17BrN2O3/c18-13-3-5-14(6-4-13)23-11-16(21)12-9-15(19-10-12)17(22)20-7-1-2-8-20/h3-6,9-10,19H,1-2,7-8,11H2. The van der Waals surface area contributed by atoms with Gasteiger partial charge >= 0.3 is 0 Å². The summed E-state index contributed by atoms with van der Waals surface area (Å²) in [5, 5.41) is 0. The van der Waals surface area contributed by atoms with Crippen LogP contribution in [-0.4, -0.2) is 41.3 Å². The lowest BCUT2D eigenvalue weighted by Crippen LogP contribution is -2.27. The number of halogens is 1. The lowest BCUT2D eigenvalue weighted by molar-refractivity contribution is 0.0787. The molecule has 0 aliphatic carbocycles. The number of ether oxygens (including phenoxy) is 1. The van der Waals surface area contributed by atoms with Crippen LogP contribution in [-0.2, 0) is 0 Å². The van der Waals surface area contributed by atoms with Crippen LogP contribution in [0.15, 0.2) is 41.0 Å². The Kier molecular flexibility index (Phi) is 4.81. The first-order valence-corrected chi connectivity index (χ1v) is 8.32. The summed E-state index contributed by atoms with van der Waals surface area (Å²) in [7, 11) is 0. The third-order valence-electron chi connectivity index (χ3n) is 3.81. The fraction of sp³-hybridized carbons (Fsp3) is 0.294. The Bertz CT molecular complexity index is 703. The topological polar surface area (TPSA) is 62.4 Å². The van der Waals surface area contributed by atoms with Crippen LogP contribution in [0.4, 0.5) is 0 Å². The zero-order chi connectivity index (χ0) is 16.2. The summed E-state index contributed by atoms with van der Waals surface area (Å²) >= 11 is 3.34. The molecule has 1 fully saturated rings. The Balaban J connectivity index is 1.59. The SMILES string of the molecule is O=C(COc1ccc(Br)cc1)c1c[nH]c(C(=O)N2CCCC2)c1. The molecule has 1 saturated heterocycles. The zero-order valence-electron chi connectivity index (χ0n) is 12.5. The molecule has 1 aromatic heterocycles. The van der Waals surface area contributed by atoms with Gasteiger partial charge in [-0.15, -0.1) is 0 Å². The Labute approximate surface area is 142 Å². The zero-order valence-corrected chi connectivity index (χ0v) is 14.1. The van der Waals surface area contributed by atoms with Crippen molar-refractivity contribution < 1.29 is 14.3 Å². The van der Waals surface area contributed by atoms with Gasteiger partial charge in [0.2, 0.25) is 5.78 Å². The molecule has 0 bridgehead atoms. The average molecular weight is 377 g/mol. The smallest absolute Gasteiger partial charge is 0.270 e. The Hall–Kier alpha value is -2.08. The summed E-state index contributed by atoms with van der Waals surface area (Å²) in [6.07, 6.45) is 3.65. The molecular weight excluding hydrogens is 360 g/mol. The number of aromatic nitrogens is 1. The lowest BCUT2D eigenvalue weighted by Gasteiger charge is -2.13. The highest BCUT2D eigenvalue weighted by Gasteiger charge is 2.21. The molecule has 1 N–H and O–H groups in total. The Morgan fingerprint density at radius 2 is 1.87 bits per heavy atom. The Morgan fingerprint density at radius 3 is 2.57 bits per heavy atom. The van der Waals surface area contributed by atoms with Crippen LogP contribution in [0.5, 0.6) is 5.75 Å². The van der Waals surface area contributed by atoms with Crippen molar-refractivity contribution >= 4 is 27.6 Å². The van der Waals surface area contributed by atoms with E-state index in [1.807, 2.05) is 12.1 Å². The molecule has 0 atom stereocenters. The molecule has 1 aromatic carbocycles. The van der Waals surface area contributed by atoms with Crippen LogP contribution in [0.25, 0.3) is 0 Å². The number of amides is 1. The summed E-state index contributed by atoms with van der Waals surface area (Å²) in [5.74, 6) is 0.422. The van der Waals surface area contributed by atoms with Crippen molar-refractivity contribution in [2.75, 3.05) is 19.7 Å². The summed E-state index contributed by atoms with van der Waals surface area (Å²) in [4.78, 5) is 29.1. The van der Waals surface area contributed by atoms with E-state index < -0.39 is 0 Å². The highest BCUT2D eigenvalue weighted by molar-refractivity contribution is 9.10. The second-order valence-corrected chi connectivity index (χ2v) is 6.38. The van der Waals surface area contributed by atoms with Gasteiger partial charge in [-0.1, -0.05) is 15.9 Å². The van der Waals surface area contributed by atoms with Gasteiger partial charge in [-0.3, -0.25) is 9.59 Å². The van der Waals surface area contributed by atoms with Crippen LogP contribution in [0.3, 0.4) is 0 Å². The van der Waals surface area contributed by atoms with Crippen molar-refractivity contribution in [1.29, 1.82) is 0 Å². The summed E-state index contributed by atoms with van der Waals surface area (Å²) in [6.45, 7) is 1.51. The number of H-pyrrole nitrogens is 1. The molecule has 6 heteroatoms. The molecule has 3 rings (SSSR count). The van der Waals surface area contributed by atoms with Gasteiger partial charge in [0, 0.05) is 29.3 Å². The molecule has 5 nitrogen and oxygen atoms in total. The molecule has 23 heavy (non-hydrogen) atoms. The number of Topliss-reactive ketones (excluding diaryl/α,β-unsaturated/α-hetero) is 1. The van der Waals surface area contributed by atoms with Crippen molar-refractivity contribution in [2.24, 2.45) is 0 Å². The summed E-state index contributed by atoms with van der Waals surface area (Å²) < 4.78 is 6.42. The molecule has 1 amide bonds. The number of ketones is 1. The number of carbonyl (C=O) groups is 2. The molecule has 2 heterocycles. The number of nitrogens with zero attached hydrogens (tertiary/aromatic N) is 1. The van der Waals surface area contributed by atoms with Crippen LogP contribution in [0.1, 0.15) is 33.7 Å². The van der Waals surface area contributed by atoms with Crippen molar-refractivity contribution in [1.82, 2.24) is 9.88 Å². The third kappa shape index (κ3) is 3.82. The van der Waals surface area contributed by atoms with E-state index in [0.29, 0.717) is 17.0 Å². The van der Waals surface area contributed by atoms with E-state index in [9.17, 15) is 9.59 Å². The van der Waals surface area contributed by atoms with Crippen LogP contribution in [0.2, 0.25) is 0 Å². The van der Waals surface area contributed by atoms with E-state index in [4.69, 9.17) is 4.74 Å². The molecule has 0 saturated carbocycles. The molecular formula is C17H17BrN2O3. The number of nitrogens with one attached hydrogen (secondary N) is 1. The number of aromatic amines is 1. The minimum atomic E-state index is -0.162. The number of hydrogen-bond acceptors (Lipinski definition) is 3. The molecule has 1 aliphatic heterocycles. The maximum absolute atomic E-state index is 12.2. The summed E-state index contributed by atoms with van der Waals surface area (Å²) in [5.41, 5.74) is 0.920. The lowest BCUT2D eigenvalue weighted by atomic mass is 10.2. The second-order valence-electron chi connectivity index (χ2n) is 5.47. The third-order valence-corrected chi connectivity index (χ3v) is 4.34. The van der Waals surface area contributed by atoms with Crippen molar-refractivity contribution in [3.63, 3.8) is 0 Å². The van der Waals surface area contributed by atoms with Crippen LogP contribution in [0, 0.1) is 0 Å². The molecule has 1 aliphatic rings. The van der Waals surface area contributed by atoms with E-state index in [1.165, 1.54) is 0 Å². The van der Waals surface area contributed by atoms with Gasteiger partial charge in [0.15, 0.2) is 6.61 Å². The van der Waals surface area contributed by atoms with E-state index in [0.717, 1.165) is 30.4 Å². The summed E-state index contributed by atoms with van der Waals surface area (Å²) in [6, 6.07) is 8.88. The van der Waals surface area contributed by atoms with Gasteiger partial charge in [-0.05, 0) is 43.2 Å². The largest absolute Gasteiger partial charge is 0.485 e. The average Bonchev–Trinajstić information content (AvgIpc) is 3.25. The van der Waals surface area contributed by atoms with Gasteiger partial charge in [0.1, 0.15) is 11.4 Å². The highest BCUT2D eigenvalue weighted by atomic mass is 79.9. The monoisotopic (exact) mass is 376 g/mol. The van der Waals surface area contributed by atoms with E-state index in [-0.39, 0.29) is 18.3 Å². The fourth-order valence-electron chi connectivity index (χ4n) is 2.53. The van der Waals surface area contributed by atoms with Crippen molar-refractivity contribution in [2.45, 2.75) is 12.8 Å². The van der Waals surface area contributed by atoms with Gasteiger partial charge in [-0.25, -0.2) is 0 Å². The molecule has 0 unspecified atom stereocenters. The molecule has 0 spiro atoms. The number of rotatable bonds is 5. The maximum Gasteiger partial charge on any atom is 0.270 e. The highest BCUT2D eigenvalue weighted by Crippen LogP contribution is 2.17. The van der Waals surface area contributed by atoms with Gasteiger partial charge in [0.05, 0.1) is 0 Å².